The molecule has 2 aromatic heterocycles. The van der Waals surface area contributed by atoms with Crippen molar-refractivity contribution in [2.75, 3.05) is 13.1 Å². The molecule has 1 amide bonds. The molecule has 138 valence electrons. The van der Waals surface area contributed by atoms with Gasteiger partial charge in [0.05, 0.1) is 6.33 Å². The lowest BCUT2D eigenvalue weighted by Gasteiger charge is -2.32. The zero-order valence-corrected chi connectivity index (χ0v) is 15.4. The third kappa shape index (κ3) is 3.47. The molecule has 1 aliphatic heterocycles. The Labute approximate surface area is 151 Å². The minimum atomic E-state index is -0.271. The maximum absolute atomic E-state index is 12.6. The first kappa shape index (κ1) is 18.1. The number of carbonyl (C=O) groups excluding carboxylic acids is 1. The van der Waals surface area contributed by atoms with Gasteiger partial charge in [-0.1, -0.05) is 0 Å². The van der Waals surface area contributed by atoms with Gasteiger partial charge in [0.1, 0.15) is 5.56 Å². The molecule has 0 unspecified atom stereocenters. The second-order valence-electron chi connectivity index (χ2n) is 6.99. The molecule has 0 atom stereocenters. The van der Waals surface area contributed by atoms with Crippen molar-refractivity contribution in [1.29, 1.82) is 0 Å². The van der Waals surface area contributed by atoms with E-state index in [0.29, 0.717) is 31.1 Å². The first-order chi connectivity index (χ1) is 12.4. The molecule has 7 heteroatoms. The summed E-state index contributed by atoms with van der Waals surface area (Å²) >= 11 is 0. The SMILES string of the molecule is Cc1ncn(CC2CCN(C(=O)c3cccn(C)c3=O)CC2)c(=O)c1C. The van der Waals surface area contributed by atoms with Crippen LogP contribution in [-0.4, -0.2) is 38.0 Å². The number of likely N-dealkylation sites (tertiary alicyclic amines) is 1. The van der Waals surface area contributed by atoms with Crippen LogP contribution in [0.4, 0.5) is 0 Å². The summed E-state index contributed by atoms with van der Waals surface area (Å²) in [5, 5.41) is 0. The van der Waals surface area contributed by atoms with E-state index in [1.54, 1.807) is 48.1 Å². The average Bonchev–Trinajstić information content (AvgIpc) is 2.64. The zero-order chi connectivity index (χ0) is 18.8. The summed E-state index contributed by atoms with van der Waals surface area (Å²) in [4.78, 5) is 43.1. The Kier molecular flexibility index (Phi) is 5.06. The van der Waals surface area contributed by atoms with Crippen LogP contribution in [0.1, 0.15) is 34.5 Å². The number of hydrogen-bond acceptors (Lipinski definition) is 4. The van der Waals surface area contributed by atoms with Crippen molar-refractivity contribution in [3.63, 3.8) is 0 Å². The highest BCUT2D eigenvalue weighted by Gasteiger charge is 2.25. The molecule has 0 bridgehead atoms. The van der Waals surface area contributed by atoms with Crippen molar-refractivity contribution in [1.82, 2.24) is 19.0 Å². The molecule has 0 saturated carbocycles. The molecule has 7 nitrogen and oxygen atoms in total. The summed E-state index contributed by atoms with van der Waals surface area (Å²) in [6.45, 7) is 5.42. The van der Waals surface area contributed by atoms with E-state index in [1.165, 1.54) is 4.57 Å². The lowest BCUT2D eigenvalue weighted by atomic mass is 9.96. The number of pyridine rings is 1. The van der Waals surface area contributed by atoms with Gasteiger partial charge in [0.2, 0.25) is 0 Å². The number of amides is 1. The van der Waals surface area contributed by atoms with Gasteiger partial charge in [0, 0.05) is 44.1 Å². The lowest BCUT2D eigenvalue weighted by Crippen LogP contribution is -2.42. The van der Waals surface area contributed by atoms with Crippen LogP contribution in [0.5, 0.6) is 0 Å². The molecule has 26 heavy (non-hydrogen) atoms. The average molecular weight is 356 g/mol. The molecule has 0 aliphatic carbocycles. The number of piperidine rings is 1. The van der Waals surface area contributed by atoms with E-state index in [-0.39, 0.29) is 22.6 Å². The van der Waals surface area contributed by atoms with Gasteiger partial charge in [-0.3, -0.25) is 19.0 Å². The van der Waals surface area contributed by atoms with Crippen LogP contribution in [0.25, 0.3) is 0 Å². The van der Waals surface area contributed by atoms with Gasteiger partial charge < -0.3 is 9.47 Å². The molecule has 1 aliphatic rings. The van der Waals surface area contributed by atoms with Crippen molar-refractivity contribution in [2.45, 2.75) is 33.2 Å². The van der Waals surface area contributed by atoms with Crippen LogP contribution in [0, 0.1) is 19.8 Å². The van der Waals surface area contributed by atoms with Gasteiger partial charge in [-0.05, 0) is 44.7 Å². The van der Waals surface area contributed by atoms with Gasteiger partial charge in [-0.25, -0.2) is 4.98 Å². The molecule has 0 aromatic carbocycles. The minimum Gasteiger partial charge on any atom is -0.338 e. The van der Waals surface area contributed by atoms with E-state index in [0.717, 1.165) is 18.5 Å². The van der Waals surface area contributed by atoms with Crippen LogP contribution in [-0.2, 0) is 13.6 Å². The number of nitrogens with zero attached hydrogens (tertiary/aromatic N) is 4. The van der Waals surface area contributed by atoms with E-state index in [1.807, 2.05) is 6.92 Å². The maximum Gasteiger partial charge on any atom is 0.263 e. The molecule has 0 radical (unpaired) electrons. The summed E-state index contributed by atoms with van der Waals surface area (Å²) in [6.07, 6.45) is 4.85. The van der Waals surface area contributed by atoms with Crippen LogP contribution in [0.2, 0.25) is 0 Å². The Hall–Kier alpha value is -2.70. The van der Waals surface area contributed by atoms with Crippen molar-refractivity contribution in [3.05, 3.63) is 62.2 Å². The van der Waals surface area contributed by atoms with Gasteiger partial charge in [0.25, 0.3) is 17.0 Å². The van der Waals surface area contributed by atoms with E-state index >= 15 is 0 Å². The highest BCUT2D eigenvalue weighted by molar-refractivity contribution is 5.93. The second kappa shape index (κ2) is 7.27. The normalized spacial score (nSPS) is 15.3. The number of carbonyl (C=O) groups is 1. The Balaban J connectivity index is 1.65. The third-order valence-corrected chi connectivity index (χ3v) is 5.23. The Morgan fingerprint density at radius 3 is 2.58 bits per heavy atom. The summed E-state index contributed by atoms with van der Waals surface area (Å²) in [5.74, 6) is 0.105. The monoisotopic (exact) mass is 356 g/mol. The first-order valence-corrected chi connectivity index (χ1v) is 8.86. The van der Waals surface area contributed by atoms with Gasteiger partial charge in [-0.15, -0.1) is 0 Å². The minimum absolute atomic E-state index is 0.00351. The Bertz CT molecular complexity index is 937. The summed E-state index contributed by atoms with van der Waals surface area (Å²) in [5.41, 5.74) is 1.38. The quantitative estimate of drug-likeness (QED) is 0.825. The van der Waals surface area contributed by atoms with Gasteiger partial charge in [-0.2, -0.15) is 0 Å². The summed E-state index contributed by atoms with van der Waals surface area (Å²) < 4.78 is 3.08. The van der Waals surface area contributed by atoms with Crippen LogP contribution >= 0.6 is 0 Å². The number of rotatable bonds is 3. The highest BCUT2D eigenvalue weighted by atomic mass is 16.2. The lowest BCUT2D eigenvalue weighted by molar-refractivity contribution is 0.0680. The highest BCUT2D eigenvalue weighted by Crippen LogP contribution is 2.19. The number of aryl methyl sites for hydroxylation is 2. The molecule has 2 aromatic rings. The molecular formula is C19H24N4O3. The number of hydrogen-bond donors (Lipinski definition) is 0. The maximum atomic E-state index is 12.6. The predicted octanol–water partition coefficient (Wildman–Crippen LogP) is 1.11. The van der Waals surface area contributed by atoms with E-state index in [4.69, 9.17) is 0 Å². The fourth-order valence-corrected chi connectivity index (χ4v) is 3.33. The molecule has 3 heterocycles. The molecule has 0 spiro atoms. The number of aromatic nitrogens is 3. The van der Waals surface area contributed by atoms with E-state index in [9.17, 15) is 14.4 Å². The van der Waals surface area contributed by atoms with Crippen LogP contribution in [0.3, 0.4) is 0 Å². The van der Waals surface area contributed by atoms with Crippen molar-refractivity contribution in [3.8, 4) is 0 Å². The second-order valence-corrected chi connectivity index (χ2v) is 6.99. The first-order valence-electron chi connectivity index (χ1n) is 8.86. The van der Waals surface area contributed by atoms with Crippen molar-refractivity contribution in [2.24, 2.45) is 13.0 Å². The van der Waals surface area contributed by atoms with Crippen molar-refractivity contribution >= 4 is 5.91 Å². The standard InChI is InChI=1S/C19H24N4O3/c1-13-14(2)20-12-23(17(13)24)11-15-6-9-22(10-7-15)19(26)16-5-4-8-21(3)18(16)25/h4-5,8,12,15H,6-7,9-11H2,1-3H3. The van der Waals surface area contributed by atoms with Crippen LogP contribution < -0.4 is 11.1 Å². The Morgan fingerprint density at radius 2 is 1.88 bits per heavy atom. The third-order valence-electron chi connectivity index (χ3n) is 5.23. The fourth-order valence-electron chi connectivity index (χ4n) is 3.33. The van der Waals surface area contributed by atoms with Crippen molar-refractivity contribution < 1.29 is 4.79 Å². The predicted molar refractivity (Wildman–Crippen MR) is 98.3 cm³/mol. The van der Waals surface area contributed by atoms with Crippen LogP contribution in [0.15, 0.2) is 34.2 Å². The molecule has 0 N–H and O–H groups in total. The molecule has 1 fully saturated rings. The smallest absolute Gasteiger partial charge is 0.263 e. The summed E-state index contributed by atoms with van der Waals surface area (Å²) in [7, 11) is 1.64. The fraction of sp³-hybridized carbons (Fsp3) is 0.474. The molecular weight excluding hydrogens is 332 g/mol. The topological polar surface area (TPSA) is 77.2 Å². The van der Waals surface area contributed by atoms with E-state index < -0.39 is 0 Å². The molecule has 1 saturated heterocycles. The zero-order valence-electron chi connectivity index (χ0n) is 15.4. The van der Waals surface area contributed by atoms with E-state index in [2.05, 4.69) is 4.98 Å². The van der Waals surface area contributed by atoms with Gasteiger partial charge >= 0.3 is 0 Å². The Morgan fingerprint density at radius 1 is 1.19 bits per heavy atom. The van der Waals surface area contributed by atoms with Gasteiger partial charge in [0.15, 0.2) is 0 Å². The summed E-state index contributed by atoms with van der Waals surface area (Å²) in [6, 6.07) is 3.29. The molecule has 3 rings (SSSR count). The largest absolute Gasteiger partial charge is 0.338 e.